The minimum Gasteiger partial charge on any atom is -0.0605 e. The van der Waals surface area contributed by atoms with Gasteiger partial charge in [-0.05, 0) is 35.7 Å². The Kier molecular flexibility index (Phi) is 2.36. The fourth-order valence-corrected chi connectivity index (χ4v) is 1.93. The van der Waals surface area contributed by atoms with Crippen LogP contribution in [0.1, 0.15) is 5.56 Å². The molecule has 1 radical (unpaired) electrons. The van der Waals surface area contributed by atoms with Gasteiger partial charge in [0.15, 0.2) is 0 Å². The summed E-state index contributed by atoms with van der Waals surface area (Å²) in [5.41, 5.74) is 1.28. The molecule has 65 valence electrons. The lowest BCUT2D eigenvalue weighted by atomic mass is 10.1. The first-order chi connectivity index (χ1) is 6.31. The Morgan fingerprint density at radius 3 is 2.77 bits per heavy atom. The number of fused-ring (bicyclic) bond motifs is 1. The molecule has 0 saturated heterocycles. The summed E-state index contributed by atoms with van der Waals surface area (Å²) in [6.45, 7) is 3.88. The van der Waals surface area contributed by atoms with Crippen molar-refractivity contribution in [2.24, 2.45) is 0 Å². The minimum absolute atomic E-state index is 0.845. The van der Waals surface area contributed by atoms with Crippen molar-refractivity contribution in [1.82, 2.24) is 0 Å². The van der Waals surface area contributed by atoms with Gasteiger partial charge < -0.3 is 0 Å². The Bertz CT molecular complexity index is 432. The van der Waals surface area contributed by atoms with Gasteiger partial charge in [0.2, 0.25) is 0 Å². The van der Waals surface area contributed by atoms with E-state index in [4.69, 9.17) is 0 Å². The molecule has 0 spiro atoms. The molecule has 0 unspecified atom stereocenters. The van der Waals surface area contributed by atoms with E-state index >= 15 is 0 Å². The van der Waals surface area contributed by atoms with Crippen LogP contribution in [0.2, 0.25) is 0 Å². The monoisotopic (exact) mass is 233 g/mol. The van der Waals surface area contributed by atoms with E-state index in [9.17, 15) is 0 Å². The van der Waals surface area contributed by atoms with Crippen molar-refractivity contribution < 1.29 is 0 Å². The zero-order valence-corrected chi connectivity index (χ0v) is 8.84. The van der Waals surface area contributed by atoms with E-state index in [1.807, 2.05) is 0 Å². The maximum Gasteiger partial charge on any atom is 0.0253 e. The average molecular weight is 234 g/mol. The lowest BCUT2D eigenvalue weighted by Crippen LogP contribution is -1.81. The second-order valence-electron chi connectivity index (χ2n) is 3.05. The maximum atomic E-state index is 3.88. The van der Waals surface area contributed by atoms with Crippen molar-refractivity contribution in [2.45, 2.75) is 6.42 Å². The van der Waals surface area contributed by atoms with Crippen molar-refractivity contribution in [3.05, 3.63) is 53.4 Å². The van der Waals surface area contributed by atoms with E-state index in [-0.39, 0.29) is 0 Å². The van der Waals surface area contributed by atoms with E-state index in [2.05, 4.69) is 59.3 Å². The van der Waals surface area contributed by atoms with Crippen molar-refractivity contribution in [1.29, 1.82) is 0 Å². The summed E-state index contributed by atoms with van der Waals surface area (Å²) in [7, 11) is 0. The smallest absolute Gasteiger partial charge is 0.0253 e. The quantitative estimate of drug-likeness (QED) is 0.700. The van der Waals surface area contributed by atoms with E-state index in [0.717, 1.165) is 10.9 Å². The second-order valence-corrected chi connectivity index (χ2v) is 3.90. The normalized spacial score (nSPS) is 10.6. The second kappa shape index (κ2) is 3.51. The van der Waals surface area contributed by atoms with Crippen molar-refractivity contribution in [3.8, 4) is 0 Å². The molecule has 0 aliphatic heterocycles. The predicted molar refractivity (Wildman–Crippen MR) is 60.7 cm³/mol. The van der Waals surface area contributed by atoms with Crippen LogP contribution in [0.5, 0.6) is 0 Å². The SMILES string of the molecule is [CH2]Cc1ccc2cccc(Br)c2c1. The first-order valence-corrected chi connectivity index (χ1v) is 5.07. The summed E-state index contributed by atoms with van der Waals surface area (Å²) in [4.78, 5) is 0. The van der Waals surface area contributed by atoms with Crippen LogP contribution < -0.4 is 0 Å². The van der Waals surface area contributed by atoms with E-state index in [1.54, 1.807) is 0 Å². The number of rotatable bonds is 1. The Hall–Kier alpha value is -0.820. The van der Waals surface area contributed by atoms with Crippen LogP contribution in [0, 0.1) is 6.92 Å². The molecule has 0 fully saturated rings. The molecule has 2 aromatic carbocycles. The number of halogens is 1. The van der Waals surface area contributed by atoms with E-state index < -0.39 is 0 Å². The molecule has 0 bridgehead atoms. The number of benzene rings is 2. The zero-order valence-electron chi connectivity index (χ0n) is 7.26. The van der Waals surface area contributed by atoms with Crippen molar-refractivity contribution >= 4 is 26.7 Å². The Balaban J connectivity index is 2.74. The van der Waals surface area contributed by atoms with Crippen LogP contribution in [0.25, 0.3) is 10.8 Å². The minimum atomic E-state index is 0.845. The average Bonchev–Trinajstić information content (AvgIpc) is 2.18. The molecular weight excluding hydrogens is 224 g/mol. The Morgan fingerprint density at radius 1 is 1.15 bits per heavy atom. The van der Waals surface area contributed by atoms with E-state index in [0.29, 0.717) is 0 Å². The first kappa shape index (κ1) is 8.76. The maximum absolute atomic E-state index is 3.88. The van der Waals surface area contributed by atoms with Gasteiger partial charge in [0.05, 0.1) is 0 Å². The van der Waals surface area contributed by atoms with Gasteiger partial charge in [-0.2, -0.15) is 0 Å². The molecule has 2 aromatic rings. The van der Waals surface area contributed by atoms with Gasteiger partial charge in [-0.3, -0.25) is 0 Å². The molecule has 0 heterocycles. The van der Waals surface area contributed by atoms with Crippen LogP contribution in [-0.2, 0) is 6.42 Å². The van der Waals surface area contributed by atoms with Gasteiger partial charge in [-0.25, -0.2) is 0 Å². The Labute approximate surface area is 86.7 Å². The molecule has 0 nitrogen and oxygen atoms in total. The van der Waals surface area contributed by atoms with Crippen LogP contribution in [0.4, 0.5) is 0 Å². The molecule has 0 aliphatic carbocycles. The number of hydrogen-bond acceptors (Lipinski definition) is 0. The molecule has 0 atom stereocenters. The third kappa shape index (κ3) is 1.61. The largest absolute Gasteiger partial charge is 0.0605 e. The molecule has 0 saturated carbocycles. The zero-order chi connectivity index (χ0) is 9.26. The van der Waals surface area contributed by atoms with Gasteiger partial charge in [-0.15, -0.1) is 0 Å². The molecule has 0 amide bonds. The highest BCUT2D eigenvalue weighted by Crippen LogP contribution is 2.24. The van der Waals surface area contributed by atoms with Gasteiger partial charge in [-0.1, -0.05) is 46.3 Å². The van der Waals surface area contributed by atoms with Gasteiger partial charge in [0.1, 0.15) is 0 Å². The third-order valence-corrected chi connectivity index (χ3v) is 2.87. The molecule has 2 rings (SSSR count). The molecule has 1 heteroatoms. The molecule has 0 aliphatic rings. The molecule has 0 aromatic heterocycles. The van der Waals surface area contributed by atoms with Crippen LogP contribution in [0.15, 0.2) is 40.9 Å². The van der Waals surface area contributed by atoms with Gasteiger partial charge >= 0.3 is 0 Å². The fourth-order valence-electron chi connectivity index (χ4n) is 1.44. The lowest BCUT2D eigenvalue weighted by molar-refractivity contribution is 1.28. The highest BCUT2D eigenvalue weighted by molar-refractivity contribution is 9.10. The fraction of sp³-hybridized carbons (Fsp3) is 0.0833. The summed E-state index contributed by atoms with van der Waals surface area (Å²) < 4.78 is 1.15. The third-order valence-electron chi connectivity index (χ3n) is 2.18. The summed E-state index contributed by atoms with van der Waals surface area (Å²) in [6, 6.07) is 12.7. The topological polar surface area (TPSA) is 0 Å². The molecular formula is C12H10Br. The van der Waals surface area contributed by atoms with Crippen molar-refractivity contribution in [2.75, 3.05) is 0 Å². The molecule has 0 N–H and O–H groups in total. The van der Waals surface area contributed by atoms with Crippen LogP contribution in [-0.4, -0.2) is 0 Å². The molecule has 13 heavy (non-hydrogen) atoms. The van der Waals surface area contributed by atoms with Crippen molar-refractivity contribution in [3.63, 3.8) is 0 Å². The summed E-state index contributed by atoms with van der Waals surface area (Å²) >= 11 is 3.54. The number of hydrogen-bond donors (Lipinski definition) is 0. The van der Waals surface area contributed by atoms with E-state index in [1.165, 1.54) is 16.3 Å². The predicted octanol–water partition coefficient (Wildman–Crippen LogP) is 3.98. The van der Waals surface area contributed by atoms with Gasteiger partial charge in [0, 0.05) is 4.47 Å². The summed E-state index contributed by atoms with van der Waals surface area (Å²) in [6.07, 6.45) is 0.845. The first-order valence-electron chi connectivity index (χ1n) is 4.27. The van der Waals surface area contributed by atoms with Crippen LogP contribution in [0.3, 0.4) is 0 Å². The standard InChI is InChI=1S/C12H10Br/c1-2-9-6-7-10-4-3-5-12(13)11(10)8-9/h3-8H,1-2H2. The highest BCUT2D eigenvalue weighted by atomic mass is 79.9. The van der Waals surface area contributed by atoms with Gasteiger partial charge in [0.25, 0.3) is 0 Å². The Morgan fingerprint density at radius 2 is 2.00 bits per heavy atom. The van der Waals surface area contributed by atoms with Crippen LogP contribution >= 0.6 is 15.9 Å². The lowest BCUT2D eigenvalue weighted by Gasteiger charge is -2.02. The highest BCUT2D eigenvalue weighted by Gasteiger charge is 1.97. The summed E-state index contributed by atoms with van der Waals surface area (Å²) in [5.74, 6) is 0. The summed E-state index contributed by atoms with van der Waals surface area (Å²) in [5, 5.41) is 2.54.